The predicted molar refractivity (Wildman–Crippen MR) is 158 cm³/mol. The van der Waals surface area contributed by atoms with Crippen LogP contribution in [0, 0.1) is 38.9 Å². The number of aliphatic hydroxyl groups excluding tert-OH is 1. The highest BCUT2D eigenvalue weighted by Crippen LogP contribution is 2.66. The van der Waals surface area contributed by atoms with E-state index in [-0.39, 0.29) is 45.6 Å². The number of Topliss-reactive ketones (excluding diaryl/α,β-unsaturated/α-hetero) is 1. The van der Waals surface area contributed by atoms with Crippen LogP contribution in [-0.4, -0.2) is 29.8 Å². The number of carbonyl (C=O) groups excluding carboxylic acids is 3. The molecule has 5 atom stereocenters. The molecule has 2 aliphatic carbocycles. The van der Waals surface area contributed by atoms with E-state index < -0.39 is 10.8 Å². The van der Waals surface area contributed by atoms with Gasteiger partial charge in [0.15, 0.2) is 11.6 Å². The molecule has 0 spiro atoms. The highest BCUT2D eigenvalue weighted by molar-refractivity contribution is 5.98. The Kier molecular flexibility index (Phi) is 10.2. The Balaban J connectivity index is 2.47. The average Bonchev–Trinajstić information content (AvgIpc) is 2.85. The van der Waals surface area contributed by atoms with Gasteiger partial charge in [0.2, 0.25) is 0 Å². The van der Waals surface area contributed by atoms with E-state index in [1.165, 1.54) is 7.11 Å². The van der Waals surface area contributed by atoms with E-state index in [9.17, 15) is 19.5 Å². The number of rotatable bonds is 11. The van der Waals surface area contributed by atoms with Crippen LogP contribution < -0.4 is 0 Å². The zero-order valence-corrected chi connectivity index (χ0v) is 26.8. The first-order chi connectivity index (χ1) is 17.8. The van der Waals surface area contributed by atoms with Crippen LogP contribution in [0.15, 0.2) is 23.5 Å². The third-order valence-corrected chi connectivity index (χ3v) is 11.1. The van der Waals surface area contributed by atoms with Gasteiger partial charge in [-0.2, -0.15) is 0 Å². The number of esters is 1. The summed E-state index contributed by atoms with van der Waals surface area (Å²) in [4.78, 5) is 38.7. The maximum Gasteiger partial charge on any atom is 0.311 e. The lowest BCUT2D eigenvalue weighted by atomic mass is 9.43. The molecule has 222 valence electrons. The number of fused-ring (bicyclic) bond motifs is 1. The van der Waals surface area contributed by atoms with Crippen molar-refractivity contribution in [3.05, 3.63) is 23.5 Å². The molecule has 0 aromatic heterocycles. The van der Waals surface area contributed by atoms with Gasteiger partial charge in [0.05, 0.1) is 18.8 Å². The molecule has 0 unspecified atom stereocenters. The highest BCUT2D eigenvalue weighted by Gasteiger charge is 2.59. The first-order valence-corrected chi connectivity index (χ1v) is 15.0. The van der Waals surface area contributed by atoms with Gasteiger partial charge in [0, 0.05) is 11.5 Å². The fourth-order valence-corrected chi connectivity index (χ4v) is 7.91. The molecular formula is C34H56O5. The van der Waals surface area contributed by atoms with Crippen LogP contribution >= 0.6 is 0 Å². The molecule has 0 aromatic rings. The van der Waals surface area contributed by atoms with Crippen LogP contribution in [0.2, 0.25) is 0 Å². The molecule has 0 heterocycles. The lowest BCUT2D eigenvalue weighted by Gasteiger charge is -2.60. The molecule has 0 aliphatic heterocycles. The number of allylic oxidation sites excluding steroid dienone is 3. The van der Waals surface area contributed by atoms with Gasteiger partial charge in [0.1, 0.15) is 0 Å². The lowest BCUT2D eigenvalue weighted by molar-refractivity contribution is -0.153. The fourth-order valence-electron chi connectivity index (χ4n) is 7.91. The quantitative estimate of drug-likeness (QED) is 0.160. The molecule has 2 rings (SSSR count). The summed E-state index contributed by atoms with van der Waals surface area (Å²) < 4.78 is 5.33. The number of methoxy groups -OCH3 is 1. The number of hydrogen-bond acceptors (Lipinski definition) is 5. The van der Waals surface area contributed by atoms with E-state index in [4.69, 9.17) is 4.74 Å². The molecule has 0 saturated heterocycles. The summed E-state index contributed by atoms with van der Waals surface area (Å²) in [5.74, 6) is -0.220. The van der Waals surface area contributed by atoms with Crippen molar-refractivity contribution >= 4 is 17.5 Å². The Hall–Kier alpha value is -1.91. The third-order valence-electron chi connectivity index (χ3n) is 11.1. The monoisotopic (exact) mass is 544 g/mol. The second-order valence-corrected chi connectivity index (χ2v) is 14.9. The van der Waals surface area contributed by atoms with E-state index in [0.717, 1.165) is 56.8 Å². The first-order valence-electron chi connectivity index (χ1n) is 15.0. The van der Waals surface area contributed by atoms with E-state index in [1.54, 1.807) is 6.92 Å². The highest BCUT2D eigenvalue weighted by atomic mass is 16.5. The van der Waals surface area contributed by atoms with E-state index in [2.05, 4.69) is 55.4 Å². The van der Waals surface area contributed by atoms with Gasteiger partial charge in [-0.05, 0) is 98.9 Å². The Morgan fingerprint density at radius 2 is 1.64 bits per heavy atom. The summed E-state index contributed by atoms with van der Waals surface area (Å²) in [6, 6.07) is 0. The minimum atomic E-state index is -0.586. The number of ether oxygens (including phenoxy) is 1. The summed E-state index contributed by atoms with van der Waals surface area (Å²) in [5.41, 5.74) is 0.165. The minimum Gasteiger partial charge on any atom is -0.515 e. The van der Waals surface area contributed by atoms with E-state index in [1.807, 2.05) is 13.0 Å². The Morgan fingerprint density at radius 3 is 2.15 bits per heavy atom. The molecule has 5 nitrogen and oxygen atoms in total. The second kappa shape index (κ2) is 11.9. The van der Waals surface area contributed by atoms with Crippen LogP contribution in [0.4, 0.5) is 0 Å². The van der Waals surface area contributed by atoms with E-state index >= 15 is 0 Å². The molecule has 39 heavy (non-hydrogen) atoms. The summed E-state index contributed by atoms with van der Waals surface area (Å²) in [7, 11) is 1.48. The first kappa shape index (κ1) is 33.3. The van der Waals surface area contributed by atoms with Crippen molar-refractivity contribution in [1.29, 1.82) is 0 Å². The SMILES string of the molecule is CCCC(C)(C)CC[C@@](C)(CCC(C)(C)[C@]1(C)CC[C@H]2[C@H](C)C(=O)/C(=C\O)C[C@]2(C)/C1=C/C(C)=O)C(=O)OC. The Bertz CT molecular complexity index is 1000. The molecule has 0 radical (unpaired) electrons. The van der Waals surface area contributed by atoms with Crippen LogP contribution in [0.5, 0.6) is 0 Å². The third kappa shape index (κ3) is 6.54. The van der Waals surface area contributed by atoms with Crippen molar-refractivity contribution in [3.63, 3.8) is 0 Å². The Morgan fingerprint density at radius 1 is 1.05 bits per heavy atom. The van der Waals surface area contributed by atoms with Crippen molar-refractivity contribution < 1.29 is 24.2 Å². The smallest absolute Gasteiger partial charge is 0.311 e. The van der Waals surface area contributed by atoms with Crippen LogP contribution in [-0.2, 0) is 19.1 Å². The number of hydrogen-bond donors (Lipinski definition) is 1. The molecule has 5 heteroatoms. The van der Waals surface area contributed by atoms with Gasteiger partial charge in [0.25, 0.3) is 0 Å². The second-order valence-electron chi connectivity index (χ2n) is 14.9. The number of carbonyl (C=O) groups is 3. The maximum atomic E-state index is 13.1. The molecule has 2 aliphatic rings. The Labute approximate surface area is 238 Å². The standard InChI is InChI=1S/C34H56O5/c1-12-14-30(4,5)16-18-32(8,29(38)39-11)19-17-31(6,7)34(10)15-13-26-24(3)28(37)25(22-35)21-33(26,9)27(34)20-23(2)36/h20,22,24,26,35H,12-19,21H2,1-11H3/b25-22-,27-20-/t24-,26-,32-,33-,34+/m0/s1. The topological polar surface area (TPSA) is 80.7 Å². The van der Waals surface area contributed by atoms with Crippen molar-refractivity contribution in [1.82, 2.24) is 0 Å². The number of aliphatic hydroxyl groups is 1. The summed E-state index contributed by atoms with van der Waals surface area (Å²) in [5, 5.41) is 9.92. The van der Waals surface area contributed by atoms with Gasteiger partial charge >= 0.3 is 5.97 Å². The molecule has 0 aromatic carbocycles. The van der Waals surface area contributed by atoms with Crippen molar-refractivity contribution in [2.75, 3.05) is 7.11 Å². The maximum absolute atomic E-state index is 13.1. The molecule has 0 bridgehead atoms. The van der Waals surface area contributed by atoms with Crippen LogP contribution in [0.3, 0.4) is 0 Å². The van der Waals surface area contributed by atoms with Gasteiger partial charge in [-0.3, -0.25) is 14.4 Å². The largest absolute Gasteiger partial charge is 0.515 e. The van der Waals surface area contributed by atoms with Gasteiger partial charge in [-0.25, -0.2) is 0 Å². The zero-order chi connectivity index (χ0) is 30.0. The molecule has 0 amide bonds. The van der Waals surface area contributed by atoms with Gasteiger partial charge in [-0.15, -0.1) is 0 Å². The molecule has 2 saturated carbocycles. The van der Waals surface area contributed by atoms with Crippen LogP contribution in [0.1, 0.15) is 127 Å². The van der Waals surface area contributed by atoms with Crippen molar-refractivity contribution in [2.45, 2.75) is 127 Å². The van der Waals surface area contributed by atoms with Gasteiger partial charge < -0.3 is 9.84 Å². The minimum absolute atomic E-state index is 0.00513. The molecular weight excluding hydrogens is 488 g/mol. The molecule has 2 fully saturated rings. The summed E-state index contributed by atoms with van der Waals surface area (Å²) >= 11 is 0. The van der Waals surface area contributed by atoms with Crippen molar-refractivity contribution in [2.24, 2.45) is 38.9 Å². The van der Waals surface area contributed by atoms with Gasteiger partial charge in [-0.1, -0.05) is 67.4 Å². The summed E-state index contributed by atoms with van der Waals surface area (Å²) in [6.07, 6.45) is 10.5. The number of ketones is 2. The van der Waals surface area contributed by atoms with E-state index in [0.29, 0.717) is 18.4 Å². The summed E-state index contributed by atoms with van der Waals surface area (Å²) in [6.45, 7) is 21.4. The van der Waals surface area contributed by atoms with Crippen LogP contribution in [0.25, 0.3) is 0 Å². The molecule has 1 N–H and O–H groups in total. The van der Waals surface area contributed by atoms with Crippen molar-refractivity contribution in [3.8, 4) is 0 Å². The lowest BCUT2D eigenvalue weighted by Crippen LogP contribution is -2.54. The fraction of sp³-hybridized carbons (Fsp3) is 0.794. The average molecular weight is 545 g/mol. The predicted octanol–water partition coefficient (Wildman–Crippen LogP) is 8.57. The zero-order valence-electron chi connectivity index (χ0n) is 26.8. The normalized spacial score (nSPS) is 31.6.